The van der Waals surface area contributed by atoms with Crippen LogP contribution in [0.1, 0.15) is 80.5 Å². The summed E-state index contributed by atoms with van der Waals surface area (Å²) in [4.78, 5) is 23.8. The van der Waals surface area contributed by atoms with Crippen LogP contribution in [0.4, 0.5) is 0 Å². The number of rotatable bonds is 12. The van der Waals surface area contributed by atoms with E-state index < -0.39 is 0 Å². The van der Waals surface area contributed by atoms with Crippen molar-refractivity contribution in [2.75, 3.05) is 19.8 Å². The first kappa shape index (κ1) is 22.1. The normalized spacial score (nSPS) is 20.9. The molecule has 4 nitrogen and oxygen atoms in total. The number of hydrogen-bond donors (Lipinski definition) is 1. The van der Waals surface area contributed by atoms with Crippen molar-refractivity contribution in [1.29, 1.82) is 0 Å². The van der Waals surface area contributed by atoms with E-state index in [1.54, 1.807) is 0 Å². The molecule has 4 heteroatoms. The third-order valence-electron chi connectivity index (χ3n) is 5.07. The highest BCUT2D eigenvalue weighted by molar-refractivity contribution is 5.80. The summed E-state index contributed by atoms with van der Waals surface area (Å²) in [5.41, 5.74) is 0. The summed E-state index contributed by atoms with van der Waals surface area (Å²) in [7, 11) is 0. The molecule has 0 bridgehead atoms. The SMILES string of the molecule is CC(C)COCC1CCC(C(=O)NCCCCCC(=O)C(C)C)CC1.[HH]. The van der Waals surface area contributed by atoms with Crippen LogP contribution in [0.3, 0.4) is 0 Å². The molecule has 148 valence electrons. The van der Waals surface area contributed by atoms with E-state index in [0.29, 0.717) is 24.0 Å². The van der Waals surface area contributed by atoms with Crippen molar-refractivity contribution in [3.05, 3.63) is 0 Å². The predicted molar refractivity (Wildman–Crippen MR) is 105 cm³/mol. The molecular weight excluding hydrogens is 314 g/mol. The number of Topliss-reactive ketones (excluding diaryl/α,β-unsaturated/α-hetero) is 1. The van der Waals surface area contributed by atoms with Gasteiger partial charge in [-0.2, -0.15) is 0 Å². The number of ketones is 1. The maximum atomic E-state index is 12.2. The minimum atomic E-state index is 0. The number of nitrogens with one attached hydrogen (secondary N) is 1. The number of unbranched alkanes of at least 4 members (excludes halogenated alkanes) is 2. The number of carbonyl (C=O) groups is 2. The molecule has 0 atom stereocenters. The van der Waals surface area contributed by atoms with Crippen molar-refractivity contribution in [3.8, 4) is 0 Å². The van der Waals surface area contributed by atoms with E-state index in [4.69, 9.17) is 4.74 Å². The molecule has 1 amide bonds. The Balaban J connectivity index is 0.00000625. The maximum absolute atomic E-state index is 12.2. The van der Waals surface area contributed by atoms with Gasteiger partial charge in [-0.1, -0.05) is 34.1 Å². The van der Waals surface area contributed by atoms with E-state index in [1.807, 2.05) is 13.8 Å². The van der Waals surface area contributed by atoms with Gasteiger partial charge in [-0.15, -0.1) is 0 Å². The van der Waals surface area contributed by atoms with Crippen LogP contribution in [0, 0.1) is 23.7 Å². The lowest BCUT2D eigenvalue weighted by atomic mass is 9.82. The molecule has 0 spiro atoms. The van der Waals surface area contributed by atoms with Crippen molar-refractivity contribution in [3.63, 3.8) is 0 Å². The van der Waals surface area contributed by atoms with Crippen molar-refractivity contribution >= 4 is 11.7 Å². The maximum Gasteiger partial charge on any atom is 0.223 e. The largest absolute Gasteiger partial charge is 0.381 e. The first-order valence-electron chi connectivity index (χ1n) is 10.3. The molecule has 0 aromatic rings. The van der Waals surface area contributed by atoms with Gasteiger partial charge in [0.2, 0.25) is 5.91 Å². The molecule has 0 saturated heterocycles. The van der Waals surface area contributed by atoms with E-state index >= 15 is 0 Å². The molecule has 0 heterocycles. The second kappa shape index (κ2) is 12.5. The van der Waals surface area contributed by atoms with Gasteiger partial charge in [0.15, 0.2) is 0 Å². The quantitative estimate of drug-likeness (QED) is 0.520. The van der Waals surface area contributed by atoms with Gasteiger partial charge in [0.05, 0.1) is 0 Å². The Morgan fingerprint density at radius 2 is 1.72 bits per heavy atom. The fourth-order valence-corrected chi connectivity index (χ4v) is 3.31. The Bertz CT molecular complexity index is 391. The Morgan fingerprint density at radius 3 is 2.32 bits per heavy atom. The second-order valence-corrected chi connectivity index (χ2v) is 8.37. The molecule has 1 aliphatic carbocycles. The minimum absolute atomic E-state index is 0. The summed E-state index contributed by atoms with van der Waals surface area (Å²) in [6.45, 7) is 10.7. The molecule has 0 unspecified atom stereocenters. The van der Waals surface area contributed by atoms with Gasteiger partial charge >= 0.3 is 0 Å². The Labute approximate surface area is 156 Å². The monoisotopic (exact) mass is 355 g/mol. The molecule has 0 aromatic carbocycles. The van der Waals surface area contributed by atoms with Crippen LogP contribution in [-0.2, 0) is 14.3 Å². The lowest BCUT2D eigenvalue weighted by molar-refractivity contribution is -0.126. The van der Waals surface area contributed by atoms with Crippen LogP contribution in [0.2, 0.25) is 0 Å². The molecule has 1 fully saturated rings. The fourth-order valence-electron chi connectivity index (χ4n) is 3.31. The minimum Gasteiger partial charge on any atom is -0.381 e. The van der Waals surface area contributed by atoms with Crippen LogP contribution in [0.5, 0.6) is 0 Å². The molecule has 0 aliphatic heterocycles. The zero-order valence-electron chi connectivity index (χ0n) is 16.8. The summed E-state index contributed by atoms with van der Waals surface area (Å²) < 4.78 is 5.74. The third-order valence-corrected chi connectivity index (χ3v) is 5.07. The van der Waals surface area contributed by atoms with Crippen molar-refractivity contribution < 1.29 is 15.8 Å². The Kier molecular flexibility index (Phi) is 11.0. The number of carbonyl (C=O) groups excluding carboxylic acids is 2. The highest BCUT2D eigenvalue weighted by Gasteiger charge is 2.26. The molecule has 1 N–H and O–H groups in total. The zero-order valence-corrected chi connectivity index (χ0v) is 16.8. The summed E-state index contributed by atoms with van der Waals surface area (Å²) in [5, 5.41) is 3.08. The first-order valence-corrected chi connectivity index (χ1v) is 10.3. The van der Waals surface area contributed by atoms with Crippen molar-refractivity contribution in [2.24, 2.45) is 23.7 Å². The van der Waals surface area contributed by atoms with E-state index in [9.17, 15) is 9.59 Å². The highest BCUT2D eigenvalue weighted by atomic mass is 16.5. The Hall–Kier alpha value is -0.900. The molecular formula is C21H41NO3. The van der Waals surface area contributed by atoms with Gasteiger partial charge in [-0.05, 0) is 50.4 Å². The van der Waals surface area contributed by atoms with Crippen molar-refractivity contribution in [1.82, 2.24) is 5.32 Å². The molecule has 1 rings (SSSR count). The van der Waals surface area contributed by atoms with E-state index in [-0.39, 0.29) is 19.2 Å². The van der Waals surface area contributed by atoms with Crippen molar-refractivity contribution in [2.45, 2.75) is 79.1 Å². The molecule has 0 aromatic heterocycles. The number of amides is 1. The summed E-state index contributed by atoms with van der Waals surface area (Å²) >= 11 is 0. The van der Waals surface area contributed by atoms with Crippen LogP contribution in [0.25, 0.3) is 0 Å². The van der Waals surface area contributed by atoms with Crippen LogP contribution < -0.4 is 5.32 Å². The number of ether oxygens (including phenoxy) is 1. The molecule has 1 saturated carbocycles. The lowest BCUT2D eigenvalue weighted by Gasteiger charge is -2.27. The van der Waals surface area contributed by atoms with Gasteiger partial charge in [-0.25, -0.2) is 0 Å². The first-order chi connectivity index (χ1) is 11.9. The molecule has 25 heavy (non-hydrogen) atoms. The average molecular weight is 356 g/mol. The summed E-state index contributed by atoms with van der Waals surface area (Å²) in [6.07, 6.45) is 7.78. The lowest BCUT2D eigenvalue weighted by Crippen LogP contribution is -2.34. The average Bonchev–Trinajstić information content (AvgIpc) is 2.57. The van der Waals surface area contributed by atoms with Gasteiger partial charge in [0.1, 0.15) is 5.78 Å². The van der Waals surface area contributed by atoms with Crippen LogP contribution >= 0.6 is 0 Å². The topological polar surface area (TPSA) is 55.4 Å². The van der Waals surface area contributed by atoms with E-state index in [2.05, 4.69) is 19.2 Å². The van der Waals surface area contributed by atoms with E-state index in [1.165, 1.54) is 0 Å². The third kappa shape index (κ3) is 9.98. The smallest absolute Gasteiger partial charge is 0.223 e. The Morgan fingerprint density at radius 1 is 1.04 bits per heavy atom. The van der Waals surface area contributed by atoms with Gasteiger partial charge in [0.25, 0.3) is 0 Å². The second-order valence-electron chi connectivity index (χ2n) is 8.37. The van der Waals surface area contributed by atoms with Crippen LogP contribution in [-0.4, -0.2) is 31.4 Å². The summed E-state index contributed by atoms with van der Waals surface area (Å²) in [6, 6.07) is 0. The van der Waals surface area contributed by atoms with Gasteiger partial charge in [0, 0.05) is 39.4 Å². The highest BCUT2D eigenvalue weighted by Crippen LogP contribution is 2.29. The predicted octanol–water partition coefficient (Wildman–Crippen LogP) is 4.61. The van der Waals surface area contributed by atoms with Crippen LogP contribution in [0.15, 0.2) is 0 Å². The zero-order chi connectivity index (χ0) is 18.7. The molecule has 0 radical (unpaired) electrons. The molecule has 1 aliphatic rings. The van der Waals surface area contributed by atoms with Gasteiger partial charge in [-0.3, -0.25) is 9.59 Å². The fraction of sp³-hybridized carbons (Fsp3) is 0.905. The number of hydrogen-bond acceptors (Lipinski definition) is 3. The van der Waals surface area contributed by atoms with E-state index in [0.717, 1.165) is 64.7 Å². The summed E-state index contributed by atoms with van der Waals surface area (Å²) in [5.74, 6) is 2.11. The van der Waals surface area contributed by atoms with Gasteiger partial charge < -0.3 is 10.1 Å². The standard InChI is InChI=1S/C21H39NO3.H2/c1-16(2)14-25-15-18-9-11-19(12-10-18)21(24)22-13-7-5-6-8-20(23)17(3)4;/h16-19H,5-15H2,1-4H3,(H,22,24);1H.